The van der Waals surface area contributed by atoms with Gasteiger partial charge < -0.3 is 15.4 Å². The lowest BCUT2D eigenvalue weighted by molar-refractivity contribution is 0.187. The number of amides is 1. The Hall–Kier alpha value is -1.75. The molecule has 104 valence electrons. The molecular weight excluding hydrogens is 242 g/mol. The van der Waals surface area contributed by atoms with E-state index in [0.29, 0.717) is 5.92 Å². The van der Waals surface area contributed by atoms with Gasteiger partial charge >= 0.3 is 6.09 Å². The molecule has 1 fully saturated rings. The summed E-state index contributed by atoms with van der Waals surface area (Å²) in [7, 11) is 1.35. The van der Waals surface area contributed by atoms with Crippen LogP contribution in [0.3, 0.4) is 0 Å². The average molecular weight is 263 g/mol. The molecule has 1 aliphatic rings. The fraction of sp³-hybridized carbons (Fsp3) is 0.500. The fourth-order valence-corrected chi connectivity index (χ4v) is 2.20. The van der Waals surface area contributed by atoms with E-state index in [0.717, 1.165) is 31.0 Å². The molecule has 3 N–H and O–H groups in total. The van der Waals surface area contributed by atoms with E-state index in [-0.39, 0.29) is 0 Å². The number of carbonyl (C=O) groups excluding carboxylic acids is 1. The molecule has 0 radical (unpaired) electrons. The standard InChI is InChI=1S/C14H21N3O2/c1-19-14(18)17-13-6-4-12(5-7-13)16-10-11-3-2-8-15-9-11/h4-7,11,15-16H,2-3,8-10H2,1H3,(H,17,18). The first-order valence-corrected chi connectivity index (χ1v) is 6.67. The van der Waals surface area contributed by atoms with Crippen LogP contribution in [-0.2, 0) is 4.74 Å². The maximum atomic E-state index is 11.0. The van der Waals surface area contributed by atoms with Crippen LogP contribution in [0.4, 0.5) is 16.2 Å². The van der Waals surface area contributed by atoms with Crippen molar-refractivity contribution in [3.05, 3.63) is 24.3 Å². The van der Waals surface area contributed by atoms with Crippen LogP contribution < -0.4 is 16.0 Å². The van der Waals surface area contributed by atoms with Crippen molar-refractivity contribution in [2.45, 2.75) is 12.8 Å². The van der Waals surface area contributed by atoms with Crippen molar-refractivity contribution in [3.63, 3.8) is 0 Å². The third-order valence-electron chi connectivity index (χ3n) is 3.31. The third-order valence-corrected chi connectivity index (χ3v) is 3.31. The van der Waals surface area contributed by atoms with Crippen LogP contribution in [0.1, 0.15) is 12.8 Å². The van der Waals surface area contributed by atoms with Gasteiger partial charge in [0.05, 0.1) is 7.11 Å². The highest BCUT2D eigenvalue weighted by atomic mass is 16.5. The van der Waals surface area contributed by atoms with Gasteiger partial charge in [0.1, 0.15) is 0 Å². The molecule has 1 amide bonds. The Balaban J connectivity index is 1.79. The van der Waals surface area contributed by atoms with E-state index in [1.54, 1.807) is 0 Å². The fourth-order valence-electron chi connectivity index (χ4n) is 2.20. The van der Waals surface area contributed by atoms with Gasteiger partial charge in [-0.15, -0.1) is 0 Å². The van der Waals surface area contributed by atoms with E-state index in [2.05, 4.69) is 20.7 Å². The molecule has 19 heavy (non-hydrogen) atoms. The second kappa shape index (κ2) is 6.99. The van der Waals surface area contributed by atoms with Gasteiger partial charge in [-0.2, -0.15) is 0 Å². The topological polar surface area (TPSA) is 62.4 Å². The first kappa shape index (κ1) is 13.7. The van der Waals surface area contributed by atoms with Crippen LogP contribution >= 0.6 is 0 Å². The summed E-state index contributed by atoms with van der Waals surface area (Å²) in [5.74, 6) is 0.696. The molecule has 5 nitrogen and oxygen atoms in total. The van der Waals surface area contributed by atoms with Crippen molar-refractivity contribution in [2.75, 3.05) is 37.4 Å². The van der Waals surface area contributed by atoms with Crippen LogP contribution in [-0.4, -0.2) is 32.8 Å². The van der Waals surface area contributed by atoms with E-state index in [4.69, 9.17) is 0 Å². The number of nitrogens with one attached hydrogen (secondary N) is 3. The zero-order chi connectivity index (χ0) is 13.5. The Bertz CT molecular complexity index is 400. The van der Waals surface area contributed by atoms with Gasteiger partial charge in [-0.05, 0) is 56.1 Å². The SMILES string of the molecule is COC(=O)Nc1ccc(NCC2CCCNC2)cc1. The molecule has 1 atom stereocenters. The number of benzene rings is 1. The minimum Gasteiger partial charge on any atom is -0.453 e. The van der Waals surface area contributed by atoms with Crippen LogP contribution in [0.15, 0.2) is 24.3 Å². The number of rotatable bonds is 4. The molecule has 2 rings (SSSR count). The first-order chi connectivity index (χ1) is 9.28. The summed E-state index contributed by atoms with van der Waals surface area (Å²) in [6, 6.07) is 7.64. The van der Waals surface area contributed by atoms with Crippen LogP contribution in [0, 0.1) is 5.92 Å². The number of hydrogen-bond acceptors (Lipinski definition) is 4. The number of methoxy groups -OCH3 is 1. The number of hydrogen-bond donors (Lipinski definition) is 3. The molecule has 1 unspecified atom stereocenters. The molecule has 1 aromatic carbocycles. The molecular formula is C14H21N3O2. The molecule has 0 bridgehead atoms. The quantitative estimate of drug-likeness (QED) is 0.780. The summed E-state index contributed by atoms with van der Waals surface area (Å²) in [5.41, 5.74) is 1.80. The molecule has 5 heteroatoms. The largest absolute Gasteiger partial charge is 0.453 e. The molecule has 1 aromatic rings. The van der Waals surface area contributed by atoms with E-state index >= 15 is 0 Å². The van der Waals surface area contributed by atoms with Gasteiger partial charge in [0, 0.05) is 17.9 Å². The summed E-state index contributed by atoms with van der Waals surface area (Å²) in [4.78, 5) is 11.0. The van der Waals surface area contributed by atoms with E-state index in [1.807, 2.05) is 24.3 Å². The second-order valence-corrected chi connectivity index (χ2v) is 4.79. The molecule has 1 heterocycles. The summed E-state index contributed by atoms with van der Waals surface area (Å²) in [5, 5.41) is 9.46. The zero-order valence-electron chi connectivity index (χ0n) is 11.2. The lowest BCUT2D eigenvalue weighted by atomic mass is 10.00. The van der Waals surface area contributed by atoms with Crippen molar-refractivity contribution in [3.8, 4) is 0 Å². The van der Waals surface area contributed by atoms with Crippen molar-refractivity contribution in [1.82, 2.24) is 5.32 Å². The highest BCUT2D eigenvalue weighted by molar-refractivity contribution is 5.84. The predicted molar refractivity (Wildman–Crippen MR) is 76.6 cm³/mol. The second-order valence-electron chi connectivity index (χ2n) is 4.79. The summed E-state index contributed by atoms with van der Waals surface area (Å²) >= 11 is 0. The molecule has 0 aromatic heterocycles. The number of carbonyl (C=O) groups is 1. The lowest BCUT2D eigenvalue weighted by Gasteiger charge is -2.23. The Morgan fingerprint density at radius 3 is 2.74 bits per heavy atom. The minimum absolute atomic E-state index is 0.450. The number of piperidine rings is 1. The van der Waals surface area contributed by atoms with Crippen LogP contribution in [0.25, 0.3) is 0 Å². The summed E-state index contributed by atoms with van der Waals surface area (Å²) in [6.07, 6.45) is 2.09. The van der Waals surface area contributed by atoms with Gasteiger partial charge in [-0.1, -0.05) is 0 Å². The highest BCUT2D eigenvalue weighted by Crippen LogP contribution is 2.16. The van der Waals surface area contributed by atoms with E-state index in [9.17, 15) is 4.79 Å². The Kier molecular flexibility index (Phi) is 5.03. The van der Waals surface area contributed by atoms with Gasteiger partial charge in [-0.25, -0.2) is 4.79 Å². The van der Waals surface area contributed by atoms with Crippen molar-refractivity contribution in [2.24, 2.45) is 5.92 Å². The molecule has 1 saturated heterocycles. The van der Waals surface area contributed by atoms with Gasteiger partial charge in [0.15, 0.2) is 0 Å². The maximum Gasteiger partial charge on any atom is 0.411 e. The molecule has 0 spiro atoms. The molecule has 0 saturated carbocycles. The van der Waals surface area contributed by atoms with Crippen molar-refractivity contribution in [1.29, 1.82) is 0 Å². The minimum atomic E-state index is -0.450. The first-order valence-electron chi connectivity index (χ1n) is 6.67. The maximum absolute atomic E-state index is 11.0. The zero-order valence-corrected chi connectivity index (χ0v) is 11.2. The van der Waals surface area contributed by atoms with Gasteiger partial charge in [-0.3, -0.25) is 5.32 Å². The molecule has 0 aliphatic carbocycles. The summed E-state index contributed by atoms with van der Waals surface area (Å²) < 4.78 is 4.54. The smallest absolute Gasteiger partial charge is 0.411 e. The Morgan fingerprint density at radius 1 is 1.37 bits per heavy atom. The Morgan fingerprint density at radius 2 is 2.11 bits per heavy atom. The normalized spacial score (nSPS) is 18.7. The average Bonchev–Trinajstić information content (AvgIpc) is 2.47. The lowest BCUT2D eigenvalue weighted by Crippen LogP contribution is -2.33. The highest BCUT2D eigenvalue weighted by Gasteiger charge is 2.12. The Labute approximate surface area is 113 Å². The van der Waals surface area contributed by atoms with Crippen LogP contribution in [0.5, 0.6) is 0 Å². The monoisotopic (exact) mass is 263 g/mol. The van der Waals surface area contributed by atoms with Crippen molar-refractivity contribution >= 4 is 17.5 Å². The third kappa shape index (κ3) is 4.44. The van der Waals surface area contributed by atoms with E-state index < -0.39 is 6.09 Å². The van der Waals surface area contributed by atoms with Gasteiger partial charge in [0.2, 0.25) is 0 Å². The van der Waals surface area contributed by atoms with Gasteiger partial charge in [0.25, 0.3) is 0 Å². The number of ether oxygens (including phenoxy) is 1. The summed E-state index contributed by atoms with van der Waals surface area (Å²) in [6.45, 7) is 3.22. The number of anilines is 2. The molecule has 1 aliphatic heterocycles. The van der Waals surface area contributed by atoms with Crippen molar-refractivity contribution < 1.29 is 9.53 Å². The van der Waals surface area contributed by atoms with Crippen LogP contribution in [0.2, 0.25) is 0 Å². The van der Waals surface area contributed by atoms with E-state index in [1.165, 1.54) is 20.0 Å². The predicted octanol–water partition coefficient (Wildman–Crippen LogP) is 2.28.